The van der Waals surface area contributed by atoms with Crippen molar-refractivity contribution in [2.24, 2.45) is 0 Å². The molecule has 0 saturated carbocycles. The first kappa shape index (κ1) is 7.55. The summed E-state index contributed by atoms with van der Waals surface area (Å²) in [6, 6.07) is 6.37. The third kappa shape index (κ3) is 1.42. The van der Waals surface area contributed by atoms with E-state index in [2.05, 4.69) is 40.8 Å². The lowest BCUT2D eigenvalue weighted by Crippen LogP contribution is -2.03. The van der Waals surface area contributed by atoms with E-state index in [0.29, 0.717) is 0 Å². The van der Waals surface area contributed by atoms with Crippen LogP contribution < -0.4 is 0 Å². The summed E-state index contributed by atoms with van der Waals surface area (Å²) < 4.78 is 1.26. The van der Waals surface area contributed by atoms with Crippen molar-refractivity contribution < 1.29 is 5.11 Å². The number of fused-ring (bicyclic) bond motifs is 1. The van der Waals surface area contributed by atoms with E-state index < -0.39 is 0 Å². The van der Waals surface area contributed by atoms with Crippen molar-refractivity contribution in [1.29, 1.82) is 0 Å². The Morgan fingerprint density at radius 1 is 1.27 bits per heavy atom. The Morgan fingerprint density at radius 3 is 2.82 bits per heavy atom. The zero-order chi connectivity index (χ0) is 7.84. The molecule has 11 heavy (non-hydrogen) atoms. The Morgan fingerprint density at radius 2 is 2.00 bits per heavy atom. The molecule has 1 aliphatic carbocycles. The number of hydrogen-bond acceptors (Lipinski definition) is 1. The summed E-state index contributed by atoms with van der Waals surface area (Å²) in [5.74, 6) is 0. The first-order valence-corrected chi connectivity index (χ1v) is 4.79. The van der Waals surface area contributed by atoms with Gasteiger partial charge in [-0.15, -0.1) is 0 Å². The molecule has 58 valence electrons. The van der Waals surface area contributed by atoms with Gasteiger partial charge in [-0.25, -0.2) is 0 Å². The minimum Gasteiger partial charge on any atom is -0.392 e. The first-order chi connectivity index (χ1) is 5.25. The van der Waals surface area contributed by atoms with Crippen LogP contribution >= 0.6 is 22.6 Å². The molecule has 0 heterocycles. The molecule has 1 nitrogen and oxygen atoms in total. The largest absolute Gasteiger partial charge is 0.392 e. The standard InChI is InChI=1S/C9H9IO/c10-8-2-1-6-4-9(11)5-7(6)3-8/h1-3,9,11H,4-5H2. The van der Waals surface area contributed by atoms with Crippen molar-refractivity contribution in [2.45, 2.75) is 18.9 Å². The first-order valence-electron chi connectivity index (χ1n) is 3.71. The van der Waals surface area contributed by atoms with E-state index in [9.17, 15) is 5.11 Å². The van der Waals surface area contributed by atoms with Gasteiger partial charge in [-0.05, 0) is 58.7 Å². The van der Waals surface area contributed by atoms with Crippen LogP contribution in [0, 0.1) is 3.57 Å². The Labute approximate surface area is 79.6 Å². The molecule has 2 rings (SSSR count). The Kier molecular flexibility index (Phi) is 1.89. The van der Waals surface area contributed by atoms with Gasteiger partial charge >= 0.3 is 0 Å². The van der Waals surface area contributed by atoms with Crippen molar-refractivity contribution in [3.8, 4) is 0 Å². The quantitative estimate of drug-likeness (QED) is 0.704. The maximum atomic E-state index is 9.34. The van der Waals surface area contributed by atoms with Crippen molar-refractivity contribution in [1.82, 2.24) is 0 Å². The third-order valence-electron chi connectivity index (χ3n) is 2.08. The van der Waals surface area contributed by atoms with Gasteiger partial charge in [0, 0.05) is 3.57 Å². The van der Waals surface area contributed by atoms with Crippen LogP contribution in [0.2, 0.25) is 0 Å². The lowest BCUT2D eigenvalue weighted by molar-refractivity contribution is 0.187. The molecular formula is C9H9IO. The number of hydrogen-bond donors (Lipinski definition) is 1. The summed E-state index contributed by atoms with van der Waals surface area (Å²) >= 11 is 2.30. The minimum atomic E-state index is -0.136. The van der Waals surface area contributed by atoms with E-state index in [1.54, 1.807) is 0 Å². The van der Waals surface area contributed by atoms with Crippen molar-refractivity contribution in [2.75, 3.05) is 0 Å². The number of benzene rings is 1. The summed E-state index contributed by atoms with van der Waals surface area (Å²) in [5, 5.41) is 9.34. The van der Waals surface area contributed by atoms with Crippen LogP contribution in [0.25, 0.3) is 0 Å². The fourth-order valence-electron chi connectivity index (χ4n) is 1.56. The molecule has 0 fully saturated rings. The molecule has 0 radical (unpaired) electrons. The van der Waals surface area contributed by atoms with Crippen LogP contribution in [0.3, 0.4) is 0 Å². The number of aliphatic hydroxyl groups excluding tert-OH is 1. The molecule has 0 aromatic heterocycles. The topological polar surface area (TPSA) is 20.2 Å². The number of rotatable bonds is 0. The third-order valence-corrected chi connectivity index (χ3v) is 2.75. The van der Waals surface area contributed by atoms with Crippen molar-refractivity contribution in [3.05, 3.63) is 32.9 Å². The normalized spacial score (nSPS) is 21.8. The molecule has 0 aliphatic heterocycles. The highest BCUT2D eigenvalue weighted by Crippen LogP contribution is 2.23. The van der Waals surface area contributed by atoms with Crippen LogP contribution in [0.4, 0.5) is 0 Å². The van der Waals surface area contributed by atoms with E-state index in [4.69, 9.17) is 0 Å². The Bertz CT molecular complexity index is 283. The van der Waals surface area contributed by atoms with E-state index in [-0.39, 0.29) is 6.10 Å². The Hall–Kier alpha value is -0.0900. The molecule has 0 spiro atoms. The molecule has 1 aliphatic rings. The molecule has 2 heteroatoms. The molecule has 1 atom stereocenters. The monoisotopic (exact) mass is 260 g/mol. The van der Waals surface area contributed by atoms with Gasteiger partial charge in [0.05, 0.1) is 6.10 Å². The van der Waals surface area contributed by atoms with Crippen LogP contribution in [0.1, 0.15) is 11.1 Å². The van der Waals surface area contributed by atoms with E-state index in [0.717, 1.165) is 12.8 Å². The fraction of sp³-hybridized carbons (Fsp3) is 0.333. The minimum absolute atomic E-state index is 0.136. The molecule has 0 amide bonds. The summed E-state index contributed by atoms with van der Waals surface area (Å²) in [6.45, 7) is 0. The van der Waals surface area contributed by atoms with Gasteiger partial charge in [0.25, 0.3) is 0 Å². The molecule has 1 N–H and O–H groups in total. The predicted molar refractivity (Wildman–Crippen MR) is 52.6 cm³/mol. The molecule has 1 unspecified atom stereocenters. The summed E-state index contributed by atoms with van der Waals surface area (Å²) in [6.07, 6.45) is 1.54. The van der Waals surface area contributed by atoms with Gasteiger partial charge in [-0.3, -0.25) is 0 Å². The van der Waals surface area contributed by atoms with Crippen LogP contribution in [0.15, 0.2) is 18.2 Å². The van der Waals surface area contributed by atoms with Gasteiger partial charge in [-0.1, -0.05) is 6.07 Å². The zero-order valence-corrected chi connectivity index (χ0v) is 8.21. The van der Waals surface area contributed by atoms with Crippen molar-refractivity contribution in [3.63, 3.8) is 0 Å². The van der Waals surface area contributed by atoms with Gasteiger partial charge in [-0.2, -0.15) is 0 Å². The van der Waals surface area contributed by atoms with E-state index >= 15 is 0 Å². The Balaban J connectivity index is 2.43. The van der Waals surface area contributed by atoms with E-state index in [1.165, 1.54) is 14.7 Å². The summed E-state index contributed by atoms with van der Waals surface area (Å²) in [4.78, 5) is 0. The molecule has 1 aromatic rings. The second-order valence-corrected chi connectivity index (χ2v) is 4.22. The highest BCUT2D eigenvalue weighted by atomic mass is 127. The predicted octanol–water partition coefficient (Wildman–Crippen LogP) is 1.75. The smallest absolute Gasteiger partial charge is 0.0621 e. The van der Waals surface area contributed by atoms with Gasteiger partial charge in [0.1, 0.15) is 0 Å². The lowest BCUT2D eigenvalue weighted by atomic mass is 10.1. The maximum absolute atomic E-state index is 9.34. The maximum Gasteiger partial charge on any atom is 0.0621 e. The molecule has 0 bridgehead atoms. The summed E-state index contributed by atoms with van der Waals surface area (Å²) in [7, 11) is 0. The highest BCUT2D eigenvalue weighted by molar-refractivity contribution is 14.1. The fourth-order valence-corrected chi connectivity index (χ4v) is 2.12. The highest BCUT2D eigenvalue weighted by Gasteiger charge is 2.18. The van der Waals surface area contributed by atoms with Gasteiger partial charge in [0.2, 0.25) is 0 Å². The number of halogens is 1. The molecule has 0 saturated heterocycles. The van der Waals surface area contributed by atoms with Gasteiger partial charge in [0.15, 0.2) is 0 Å². The average molecular weight is 260 g/mol. The molecule has 1 aromatic carbocycles. The number of aliphatic hydroxyl groups is 1. The SMILES string of the molecule is OC1Cc2ccc(I)cc2C1. The van der Waals surface area contributed by atoms with Crippen LogP contribution in [-0.2, 0) is 12.8 Å². The van der Waals surface area contributed by atoms with E-state index in [1.807, 2.05) is 0 Å². The van der Waals surface area contributed by atoms with Gasteiger partial charge < -0.3 is 5.11 Å². The average Bonchev–Trinajstić information content (AvgIpc) is 2.27. The molecular weight excluding hydrogens is 251 g/mol. The second-order valence-electron chi connectivity index (χ2n) is 2.98. The van der Waals surface area contributed by atoms with Crippen LogP contribution in [-0.4, -0.2) is 11.2 Å². The zero-order valence-electron chi connectivity index (χ0n) is 6.05. The van der Waals surface area contributed by atoms with Crippen LogP contribution in [0.5, 0.6) is 0 Å². The van der Waals surface area contributed by atoms with Crippen molar-refractivity contribution >= 4 is 22.6 Å². The summed E-state index contributed by atoms with van der Waals surface area (Å²) in [5.41, 5.74) is 2.64. The second kappa shape index (κ2) is 2.75. The lowest BCUT2D eigenvalue weighted by Gasteiger charge is -1.96.